The first kappa shape index (κ1) is 20.6. The van der Waals surface area contributed by atoms with E-state index in [4.69, 9.17) is 14.7 Å². The van der Waals surface area contributed by atoms with Crippen molar-refractivity contribution in [1.29, 1.82) is 0 Å². The van der Waals surface area contributed by atoms with Crippen LogP contribution in [0.5, 0.6) is 0 Å². The molecular weight excluding hydrogens is 347 g/mol. The summed E-state index contributed by atoms with van der Waals surface area (Å²) >= 11 is 0. The summed E-state index contributed by atoms with van der Waals surface area (Å²) in [5.74, 6) is -0.532. The molecule has 2 rings (SSSR count). The lowest BCUT2D eigenvalue weighted by Crippen LogP contribution is -2.43. The molecular formula is C19H23BN2O5. The molecule has 142 valence electrons. The normalized spacial score (nSPS) is 11.5. The average molecular weight is 370 g/mol. The lowest BCUT2D eigenvalue weighted by atomic mass is 10.1. The van der Waals surface area contributed by atoms with Gasteiger partial charge in [-0.15, -0.1) is 0 Å². The van der Waals surface area contributed by atoms with E-state index in [1.165, 1.54) is 11.8 Å². The summed E-state index contributed by atoms with van der Waals surface area (Å²) in [4.78, 5) is 25.7. The van der Waals surface area contributed by atoms with E-state index in [1.54, 1.807) is 12.1 Å². The lowest BCUT2D eigenvalue weighted by Gasteiger charge is -2.23. The van der Waals surface area contributed by atoms with Gasteiger partial charge in [0, 0.05) is 32.0 Å². The summed E-state index contributed by atoms with van der Waals surface area (Å²) in [5, 5.41) is 20.8. The van der Waals surface area contributed by atoms with Gasteiger partial charge in [0.25, 0.3) is 0 Å². The number of hydrogen-bond acceptors (Lipinski definition) is 5. The van der Waals surface area contributed by atoms with Crippen LogP contribution in [0.3, 0.4) is 0 Å². The number of benzene rings is 2. The second-order valence-corrected chi connectivity index (χ2v) is 5.96. The number of anilines is 1. The van der Waals surface area contributed by atoms with Crippen molar-refractivity contribution >= 4 is 24.8 Å². The molecule has 0 aliphatic carbocycles. The number of carbonyl (C=O) groups excluding carboxylic acids is 2. The topological polar surface area (TPSA) is 99.1 Å². The van der Waals surface area contributed by atoms with E-state index >= 15 is 0 Å². The fourth-order valence-corrected chi connectivity index (χ4v) is 2.65. The Bertz CT molecular complexity index is 727. The Morgan fingerprint density at radius 3 is 2.22 bits per heavy atom. The van der Waals surface area contributed by atoms with Crippen LogP contribution in [-0.2, 0) is 20.7 Å². The van der Waals surface area contributed by atoms with E-state index in [0.717, 1.165) is 5.56 Å². The fraction of sp³-hybridized carbons (Fsp3) is 0.263. The molecule has 0 aliphatic heterocycles. The fourth-order valence-electron chi connectivity index (χ4n) is 2.65. The highest BCUT2D eigenvalue weighted by Gasteiger charge is 2.21. The maximum atomic E-state index is 12.3. The van der Waals surface area contributed by atoms with Crippen LogP contribution in [0, 0.1) is 0 Å². The van der Waals surface area contributed by atoms with Gasteiger partial charge < -0.3 is 24.9 Å². The second-order valence-electron chi connectivity index (χ2n) is 5.96. The largest absolute Gasteiger partial charge is 0.635 e. The van der Waals surface area contributed by atoms with Crippen LogP contribution in [0.25, 0.3) is 0 Å². The average Bonchev–Trinajstić information content (AvgIpc) is 2.62. The van der Waals surface area contributed by atoms with Crippen molar-refractivity contribution in [2.75, 3.05) is 11.4 Å². The van der Waals surface area contributed by atoms with E-state index in [0.29, 0.717) is 5.69 Å². The van der Waals surface area contributed by atoms with Gasteiger partial charge in [-0.1, -0.05) is 48.5 Å². The summed E-state index contributed by atoms with van der Waals surface area (Å²) in [6.45, 7) is 1.64. The molecule has 2 amide bonds. The smallest absolute Gasteiger partial charge is 0.402 e. The minimum Gasteiger partial charge on any atom is -0.402 e. The number of rotatable bonds is 9. The first-order valence-electron chi connectivity index (χ1n) is 8.63. The molecule has 2 aromatic rings. The van der Waals surface area contributed by atoms with Crippen LogP contribution in [0.4, 0.5) is 5.69 Å². The van der Waals surface area contributed by atoms with Gasteiger partial charge in [0.15, 0.2) is 0 Å². The van der Waals surface area contributed by atoms with Crippen LogP contribution in [-0.4, -0.2) is 42.0 Å². The molecule has 0 saturated carbocycles. The molecule has 7 nitrogen and oxygen atoms in total. The third kappa shape index (κ3) is 7.22. The van der Waals surface area contributed by atoms with E-state index in [1.807, 2.05) is 48.5 Å². The Hall–Kier alpha value is -2.68. The number of amides is 2. The van der Waals surface area contributed by atoms with E-state index < -0.39 is 13.5 Å². The summed E-state index contributed by atoms with van der Waals surface area (Å²) in [6, 6.07) is 18.3. The number of carbonyl (C=O) groups is 2. The van der Waals surface area contributed by atoms with Gasteiger partial charge in [-0.3, -0.25) is 9.59 Å². The maximum Gasteiger partial charge on any atom is 0.635 e. The highest BCUT2D eigenvalue weighted by molar-refractivity contribution is 6.32. The van der Waals surface area contributed by atoms with Crippen molar-refractivity contribution in [3.8, 4) is 0 Å². The number of hydrogen-bond donors (Lipinski definition) is 3. The second kappa shape index (κ2) is 10.5. The predicted octanol–water partition coefficient (Wildman–Crippen LogP) is 1.10. The summed E-state index contributed by atoms with van der Waals surface area (Å²) in [7, 11) is -2.00. The molecule has 0 aromatic heterocycles. The Kier molecular flexibility index (Phi) is 8.00. The molecule has 27 heavy (non-hydrogen) atoms. The first-order valence-corrected chi connectivity index (χ1v) is 8.63. The van der Waals surface area contributed by atoms with Gasteiger partial charge in [0.1, 0.15) is 6.23 Å². The van der Waals surface area contributed by atoms with Crippen molar-refractivity contribution in [2.45, 2.75) is 26.0 Å². The number of nitrogens with one attached hydrogen (secondary N) is 1. The van der Waals surface area contributed by atoms with Crippen LogP contribution in [0.15, 0.2) is 60.7 Å². The van der Waals surface area contributed by atoms with Crippen molar-refractivity contribution in [1.82, 2.24) is 5.32 Å². The molecule has 0 spiro atoms. The monoisotopic (exact) mass is 370 g/mol. The number of nitrogens with zero attached hydrogens (tertiary/aromatic N) is 1. The van der Waals surface area contributed by atoms with Crippen molar-refractivity contribution < 1.29 is 24.3 Å². The molecule has 0 saturated heterocycles. The third-order valence-electron chi connectivity index (χ3n) is 3.88. The molecule has 1 atom stereocenters. The molecule has 3 N–H and O–H groups in total. The lowest BCUT2D eigenvalue weighted by molar-refractivity contribution is -0.123. The van der Waals surface area contributed by atoms with Gasteiger partial charge in [-0.05, 0) is 17.7 Å². The Morgan fingerprint density at radius 2 is 1.67 bits per heavy atom. The highest BCUT2D eigenvalue weighted by atomic mass is 16.6. The zero-order valence-electron chi connectivity index (χ0n) is 15.1. The zero-order chi connectivity index (χ0) is 19.6. The maximum absolute atomic E-state index is 12.3. The molecule has 2 aromatic carbocycles. The summed E-state index contributed by atoms with van der Waals surface area (Å²) < 4.78 is 4.96. The van der Waals surface area contributed by atoms with Crippen molar-refractivity contribution in [3.05, 3.63) is 66.2 Å². The molecule has 0 heterocycles. The van der Waals surface area contributed by atoms with Crippen LogP contribution >= 0.6 is 0 Å². The quantitative estimate of drug-likeness (QED) is 0.454. The van der Waals surface area contributed by atoms with Gasteiger partial charge in [-0.2, -0.15) is 0 Å². The van der Waals surface area contributed by atoms with Crippen LogP contribution in [0.1, 0.15) is 18.9 Å². The highest BCUT2D eigenvalue weighted by Crippen LogP contribution is 2.14. The molecule has 8 heteroatoms. The Morgan fingerprint density at radius 1 is 1.07 bits per heavy atom. The van der Waals surface area contributed by atoms with Crippen molar-refractivity contribution in [3.63, 3.8) is 0 Å². The Labute approximate surface area is 158 Å². The molecule has 0 aliphatic rings. The molecule has 0 radical (unpaired) electrons. The molecule has 0 bridgehead atoms. The minimum atomic E-state index is -2.00. The van der Waals surface area contributed by atoms with E-state index in [9.17, 15) is 9.59 Å². The minimum absolute atomic E-state index is 0.0463. The molecule has 0 unspecified atom stereocenters. The zero-order valence-corrected chi connectivity index (χ0v) is 15.1. The van der Waals surface area contributed by atoms with E-state index in [2.05, 4.69) is 5.32 Å². The standard InChI is InChI=1S/C19H23BN2O5/c1-15(23)22(17-10-6-3-7-11-17)13-12-18(24)21-19(27-20(25)26)14-16-8-4-2-5-9-16/h2-11,19,25-26H,12-14H2,1H3,(H,21,24)/t19-/m1/s1. The summed E-state index contributed by atoms with van der Waals surface area (Å²) in [5.41, 5.74) is 1.58. The Balaban J connectivity index is 1.94. The SMILES string of the molecule is CC(=O)N(CCC(=O)N[C@@H](Cc1ccccc1)OB(O)O)c1ccccc1. The van der Waals surface area contributed by atoms with Gasteiger partial charge >= 0.3 is 7.32 Å². The molecule has 0 fully saturated rings. The van der Waals surface area contributed by atoms with Gasteiger partial charge in [-0.25, -0.2) is 0 Å². The predicted molar refractivity (Wildman–Crippen MR) is 102 cm³/mol. The van der Waals surface area contributed by atoms with Gasteiger partial charge in [0.05, 0.1) is 0 Å². The summed E-state index contributed by atoms with van der Waals surface area (Å²) in [6.07, 6.45) is -0.577. The van der Waals surface area contributed by atoms with Crippen molar-refractivity contribution in [2.24, 2.45) is 0 Å². The van der Waals surface area contributed by atoms with E-state index in [-0.39, 0.29) is 31.2 Å². The first-order chi connectivity index (χ1) is 13.0. The number of para-hydroxylation sites is 1. The third-order valence-corrected chi connectivity index (χ3v) is 3.88. The van der Waals surface area contributed by atoms with Crippen LogP contribution in [0.2, 0.25) is 0 Å². The van der Waals surface area contributed by atoms with Crippen LogP contribution < -0.4 is 10.2 Å². The van der Waals surface area contributed by atoms with Gasteiger partial charge in [0.2, 0.25) is 11.8 Å².